The van der Waals surface area contributed by atoms with Crippen molar-refractivity contribution in [1.29, 1.82) is 0 Å². The molecule has 0 fully saturated rings. The van der Waals surface area contributed by atoms with Crippen molar-refractivity contribution in [2.75, 3.05) is 5.43 Å². The van der Waals surface area contributed by atoms with Gasteiger partial charge in [-0.15, -0.1) is 0 Å². The highest BCUT2D eigenvalue weighted by atomic mass is 35.5. The van der Waals surface area contributed by atoms with Gasteiger partial charge in [0.2, 0.25) is 0 Å². The van der Waals surface area contributed by atoms with Crippen LogP contribution in [0.25, 0.3) is 0 Å². The summed E-state index contributed by atoms with van der Waals surface area (Å²) in [4.78, 5) is 10.9. The Hall–Kier alpha value is -1.68. The van der Waals surface area contributed by atoms with Crippen LogP contribution in [-0.2, 0) is 0 Å². The van der Waals surface area contributed by atoms with E-state index in [1.807, 2.05) is 0 Å². The highest BCUT2D eigenvalue weighted by molar-refractivity contribution is 6.33. The molecule has 0 heterocycles. The number of carboxylic acids is 1. The summed E-state index contributed by atoms with van der Waals surface area (Å²) in [5.41, 5.74) is 7.85. The highest BCUT2D eigenvalue weighted by Gasteiger charge is 2.09. The Kier molecular flexibility index (Phi) is 4.32. The average molecular weight is 280 g/mol. The number of nitrogens with one attached hydrogen (secondary N) is 2. The summed E-state index contributed by atoms with van der Waals surface area (Å²) in [7, 11) is 0. The molecule has 0 aromatic heterocycles. The monoisotopic (exact) mass is 279 g/mol. The van der Waals surface area contributed by atoms with Gasteiger partial charge in [0.25, 0.3) is 0 Å². The number of rotatable bonds is 4. The Balaban J connectivity index is 2.04. The van der Waals surface area contributed by atoms with E-state index in [4.69, 9.17) is 11.6 Å². The van der Waals surface area contributed by atoms with Crippen LogP contribution in [-0.4, -0.2) is 5.97 Å². The molecular weight excluding hydrogens is 264 g/mol. The van der Waals surface area contributed by atoms with Gasteiger partial charge in [-0.25, -0.2) is 0 Å². The first-order valence-corrected chi connectivity index (χ1v) is 6.67. The van der Waals surface area contributed by atoms with Crippen molar-refractivity contribution in [3.63, 3.8) is 0 Å². The average Bonchev–Trinajstić information content (AvgIpc) is 2.37. The number of allylic oxidation sites excluding steroid dienone is 2. The molecule has 4 nitrogen and oxygen atoms in total. The van der Waals surface area contributed by atoms with E-state index in [-0.39, 0.29) is 10.6 Å². The molecule has 1 aliphatic carbocycles. The molecule has 0 amide bonds. The topological polar surface area (TPSA) is 64.2 Å². The number of carboxylic acid groups (broad SMARTS) is 1. The smallest absolute Gasteiger partial charge is 0.0731 e. The number of carbonyl (C=O) groups excluding carboxylic acids is 1. The summed E-state index contributed by atoms with van der Waals surface area (Å²) in [6.07, 6.45) is 5.55. The molecule has 1 aromatic rings. The van der Waals surface area contributed by atoms with E-state index in [0.717, 1.165) is 18.5 Å². The van der Waals surface area contributed by atoms with Crippen molar-refractivity contribution in [3.8, 4) is 0 Å². The van der Waals surface area contributed by atoms with Crippen LogP contribution in [0.5, 0.6) is 0 Å². The van der Waals surface area contributed by atoms with Crippen LogP contribution in [0, 0.1) is 5.92 Å². The van der Waals surface area contributed by atoms with Crippen molar-refractivity contribution in [1.82, 2.24) is 5.43 Å². The molecule has 0 bridgehead atoms. The molecule has 19 heavy (non-hydrogen) atoms. The van der Waals surface area contributed by atoms with Crippen LogP contribution >= 0.6 is 11.6 Å². The van der Waals surface area contributed by atoms with Crippen molar-refractivity contribution in [2.45, 2.75) is 26.2 Å². The van der Waals surface area contributed by atoms with E-state index >= 15 is 0 Å². The Morgan fingerprint density at radius 2 is 2.21 bits per heavy atom. The lowest BCUT2D eigenvalue weighted by atomic mass is 9.96. The molecule has 2 rings (SSSR count). The molecule has 0 spiro atoms. The molecule has 0 saturated heterocycles. The fourth-order valence-corrected chi connectivity index (χ4v) is 2.34. The first-order valence-electron chi connectivity index (χ1n) is 6.30. The number of hydrogen-bond acceptors (Lipinski definition) is 4. The van der Waals surface area contributed by atoms with Gasteiger partial charge in [-0.1, -0.05) is 24.6 Å². The molecule has 0 unspecified atom stereocenters. The molecule has 0 radical (unpaired) electrons. The van der Waals surface area contributed by atoms with E-state index in [2.05, 4.69) is 23.9 Å². The zero-order chi connectivity index (χ0) is 13.8. The largest absolute Gasteiger partial charge is 0.545 e. The first-order chi connectivity index (χ1) is 9.06. The van der Waals surface area contributed by atoms with Gasteiger partial charge < -0.3 is 20.8 Å². The predicted molar refractivity (Wildman–Crippen MR) is 73.6 cm³/mol. The van der Waals surface area contributed by atoms with E-state index in [1.54, 1.807) is 6.07 Å². The standard InChI is InChI=1S/C14H17ClN2O2/c1-9-3-2-4-10(7-9)16-17-11-5-6-13(15)12(8-11)14(18)19/h5-9,16-17H,2-4H2,1H3,(H,18,19)/p-1/t9-/m1/s1. The summed E-state index contributed by atoms with van der Waals surface area (Å²) in [5.74, 6) is -0.707. The van der Waals surface area contributed by atoms with Crippen molar-refractivity contribution in [2.24, 2.45) is 5.92 Å². The minimum Gasteiger partial charge on any atom is -0.545 e. The van der Waals surface area contributed by atoms with Gasteiger partial charge in [0.05, 0.1) is 11.7 Å². The summed E-state index contributed by atoms with van der Waals surface area (Å²) in [5, 5.41) is 11.0. The maximum absolute atomic E-state index is 10.9. The van der Waals surface area contributed by atoms with Crippen LogP contribution < -0.4 is 16.0 Å². The number of hydrazine groups is 1. The summed E-state index contributed by atoms with van der Waals surface area (Å²) >= 11 is 5.78. The molecule has 102 valence electrons. The molecular formula is C14H16ClN2O2-. The summed E-state index contributed by atoms with van der Waals surface area (Å²) in [6.45, 7) is 2.18. The van der Waals surface area contributed by atoms with Gasteiger partial charge in [-0.05, 0) is 43.4 Å². The van der Waals surface area contributed by atoms with Gasteiger partial charge in [0.1, 0.15) is 0 Å². The van der Waals surface area contributed by atoms with Crippen molar-refractivity contribution >= 4 is 23.3 Å². The fraction of sp³-hybridized carbons (Fsp3) is 0.357. The van der Waals surface area contributed by atoms with Gasteiger partial charge in [-0.2, -0.15) is 0 Å². The van der Waals surface area contributed by atoms with Crippen LogP contribution in [0.15, 0.2) is 30.0 Å². The molecule has 0 aliphatic heterocycles. The lowest BCUT2D eigenvalue weighted by molar-refractivity contribution is -0.255. The van der Waals surface area contributed by atoms with Crippen LogP contribution in [0.1, 0.15) is 36.5 Å². The molecule has 0 saturated carbocycles. The minimum absolute atomic E-state index is 0.0144. The molecule has 1 aliphatic rings. The van der Waals surface area contributed by atoms with E-state index in [0.29, 0.717) is 11.6 Å². The second-order valence-corrected chi connectivity index (χ2v) is 5.20. The van der Waals surface area contributed by atoms with Crippen molar-refractivity contribution < 1.29 is 9.90 Å². The number of aromatic carboxylic acids is 1. The number of anilines is 1. The normalized spacial score (nSPS) is 18.6. The van der Waals surface area contributed by atoms with Crippen molar-refractivity contribution in [3.05, 3.63) is 40.6 Å². The lowest BCUT2D eigenvalue weighted by Crippen LogP contribution is -2.25. The Morgan fingerprint density at radius 3 is 2.89 bits per heavy atom. The maximum atomic E-state index is 10.9. The van der Waals surface area contributed by atoms with E-state index in [1.165, 1.54) is 18.6 Å². The fourth-order valence-electron chi connectivity index (χ4n) is 2.14. The number of halogens is 1. The Morgan fingerprint density at radius 1 is 1.42 bits per heavy atom. The van der Waals surface area contributed by atoms with Gasteiger partial charge in [0.15, 0.2) is 0 Å². The third-order valence-electron chi connectivity index (χ3n) is 3.14. The lowest BCUT2D eigenvalue weighted by Gasteiger charge is -2.20. The maximum Gasteiger partial charge on any atom is 0.0731 e. The Bertz CT molecular complexity index is 514. The summed E-state index contributed by atoms with van der Waals surface area (Å²) in [6, 6.07) is 4.71. The molecule has 5 heteroatoms. The molecule has 1 atom stereocenters. The Labute approximate surface area is 117 Å². The number of carbonyl (C=O) groups is 1. The quantitative estimate of drug-likeness (QED) is 0.830. The van der Waals surface area contributed by atoms with Gasteiger partial charge >= 0.3 is 0 Å². The zero-order valence-electron chi connectivity index (χ0n) is 10.7. The zero-order valence-corrected chi connectivity index (χ0v) is 11.5. The number of benzene rings is 1. The third-order valence-corrected chi connectivity index (χ3v) is 3.47. The highest BCUT2D eigenvalue weighted by Crippen LogP contribution is 2.22. The van der Waals surface area contributed by atoms with Crippen LogP contribution in [0.4, 0.5) is 5.69 Å². The number of hydrogen-bond donors (Lipinski definition) is 2. The third kappa shape index (κ3) is 3.64. The first kappa shape index (κ1) is 13.7. The van der Waals surface area contributed by atoms with E-state index < -0.39 is 5.97 Å². The molecule has 1 aromatic carbocycles. The second-order valence-electron chi connectivity index (χ2n) is 4.79. The molecule has 2 N–H and O–H groups in total. The van der Waals surface area contributed by atoms with Gasteiger partial charge in [0, 0.05) is 16.3 Å². The minimum atomic E-state index is -1.28. The summed E-state index contributed by atoms with van der Waals surface area (Å²) < 4.78 is 0. The van der Waals surface area contributed by atoms with E-state index in [9.17, 15) is 9.90 Å². The van der Waals surface area contributed by atoms with Gasteiger partial charge in [-0.3, -0.25) is 0 Å². The van der Waals surface area contributed by atoms with Crippen LogP contribution in [0.2, 0.25) is 5.02 Å². The second kappa shape index (κ2) is 5.97. The van der Waals surface area contributed by atoms with Crippen LogP contribution in [0.3, 0.4) is 0 Å². The SMILES string of the molecule is C[C@H]1C=C(NNc2ccc(Cl)c(C(=O)[O-])c2)CCC1. The predicted octanol–water partition coefficient (Wildman–Crippen LogP) is 2.32.